The van der Waals surface area contributed by atoms with E-state index in [4.69, 9.17) is 16.3 Å². The Morgan fingerprint density at radius 3 is 2.69 bits per heavy atom. The molecule has 0 aliphatic carbocycles. The number of carbonyl (C=O) groups excluding carboxylic acids is 2. The highest BCUT2D eigenvalue weighted by atomic mass is 35.5. The van der Waals surface area contributed by atoms with Crippen LogP contribution in [0.15, 0.2) is 30.3 Å². The van der Waals surface area contributed by atoms with Gasteiger partial charge in [-0.2, -0.15) is 0 Å². The van der Waals surface area contributed by atoms with Gasteiger partial charge < -0.3 is 19.5 Å². The first-order chi connectivity index (χ1) is 14.0. The average molecular weight is 416 g/mol. The summed E-state index contributed by atoms with van der Waals surface area (Å²) in [5.74, 6) is -0.196. The fourth-order valence-electron chi connectivity index (χ4n) is 4.19. The third-order valence-corrected chi connectivity index (χ3v) is 6.15. The van der Waals surface area contributed by atoms with E-state index in [1.54, 1.807) is 6.07 Å². The lowest BCUT2D eigenvalue weighted by atomic mass is 10.1. The number of nitrogens with zero attached hydrogens (tertiary/aromatic N) is 2. The minimum absolute atomic E-state index is 0.00273. The molecule has 2 unspecified atom stereocenters. The second-order valence-electron chi connectivity index (χ2n) is 7.83. The fourth-order valence-corrected chi connectivity index (χ4v) is 4.32. The second kappa shape index (κ2) is 8.20. The lowest BCUT2D eigenvalue weighted by Gasteiger charge is -2.24. The van der Waals surface area contributed by atoms with Crippen molar-refractivity contribution in [1.29, 1.82) is 0 Å². The van der Waals surface area contributed by atoms with Crippen LogP contribution in [0.4, 0.5) is 0 Å². The topological polar surface area (TPSA) is 63.6 Å². The summed E-state index contributed by atoms with van der Waals surface area (Å²) in [7, 11) is 0. The van der Waals surface area contributed by atoms with Gasteiger partial charge >= 0.3 is 0 Å². The molecule has 1 aromatic carbocycles. The quantitative estimate of drug-likeness (QED) is 0.826. The van der Waals surface area contributed by atoms with Gasteiger partial charge in [0.05, 0.1) is 30.5 Å². The molecule has 1 aromatic heterocycles. The standard InChI is InChI=1S/C22H26ClN3O3/c1-14-4-3-9-25(14)22(28)19-12-18(20-13-29-11-10-26(19)20)21(27)24-15(2)16-5-7-17(23)8-6-16/h5-8,12,14-15H,3-4,9-11,13H2,1-2H3,(H,24,27). The van der Waals surface area contributed by atoms with Crippen LogP contribution in [0.1, 0.15) is 64.8 Å². The molecule has 154 valence electrons. The molecule has 0 bridgehead atoms. The van der Waals surface area contributed by atoms with Crippen LogP contribution < -0.4 is 5.32 Å². The smallest absolute Gasteiger partial charge is 0.270 e. The monoisotopic (exact) mass is 415 g/mol. The molecule has 4 rings (SSSR count). The van der Waals surface area contributed by atoms with Crippen LogP contribution in [0.25, 0.3) is 0 Å². The van der Waals surface area contributed by atoms with Crippen molar-refractivity contribution in [3.8, 4) is 0 Å². The Labute approximate surface area is 175 Å². The zero-order chi connectivity index (χ0) is 20.5. The molecule has 7 heteroatoms. The number of hydrogen-bond donors (Lipinski definition) is 1. The lowest BCUT2D eigenvalue weighted by Crippen LogP contribution is -2.35. The summed E-state index contributed by atoms with van der Waals surface area (Å²) < 4.78 is 7.55. The van der Waals surface area contributed by atoms with Crippen LogP contribution in [0.3, 0.4) is 0 Å². The zero-order valence-electron chi connectivity index (χ0n) is 16.8. The zero-order valence-corrected chi connectivity index (χ0v) is 17.5. The highest BCUT2D eigenvalue weighted by Gasteiger charge is 2.32. The van der Waals surface area contributed by atoms with Crippen LogP contribution in [0, 0.1) is 0 Å². The van der Waals surface area contributed by atoms with Gasteiger partial charge in [-0.15, -0.1) is 0 Å². The Morgan fingerprint density at radius 1 is 1.24 bits per heavy atom. The van der Waals surface area contributed by atoms with E-state index in [0.29, 0.717) is 36.0 Å². The number of rotatable bonds is 4. The van der Waals surface area contributed by atoms with Crippen LogP contribution in [-0.4, -0.2) is 40.5 Å². The van der Waals surface area contributed by atoms with Crippen LogP contribution in [0.2, 0.25) is 5.02 Å². The largest absolute Gasteiger partial charge is 0.373 e. The molecule has 0 saturated carbocycles. The first kappa shape index (κ1) is 20.0. The van der Waals surface area contributed by atoms with Crippen molar-refractivity contribution in [2.75, 3.05) is 13.2 Å². The van der Waals surface area contributed by atoms with Gasteiger partial charge in [0, 0.05) is 24.2 Å². The van der Waals surface area contributed by atoms with Crippen molar-refractivity contribution in [2.24, 2.45) is 0 Å². The van der Waals surface area contributed by atoms with Gasteiger partial charge in [0.1, 0.15) is 5.69 Å². The van der Waals surface area contributed by atoms with E-state index >= 15 is 0 Å². The van der Waals surface area contributed by atoms with Crippen molar-refractivity contribution in [3.05, 3.63) is 57.9 Å². The SMILES string of the molecule is CC(NC(=O)c1cc(C(=O)N2CCCC2C)n2c1COCC2)c1ccc(Cl)cc1. The molecule has 3 heterocycles. The number of halogens is 1. The Morgan fingerprint density at radius 2 is 2.00 bits per heavy atom. The first-order valence-electron chi connectivity index (χ1n) is 10.1. The molecule has 2 aromatic rings. The number of nitrogens with one attached hydrogen (secondary N) is 1. The summed E-state index contributed by atoms with van der Waals surface area (Å²) >= 11 is 5.95. The highest BCUT2D eigenvalue weighted by Crippen LogP contribution is 2.26. The number of fused-ring (bicyclic) bond motifs is 1. The molecule has 2 aliphatic rings. The van der Waals surface area contributed by atoms with Gasteiger partial charge in [0.2, 0.25) is 0 Å². The highest BCUT2D eigenvalue weighted by molar-refractivity contribution is 6.30. The van der Waals surface area contributed by atoms with E-state index in [9.17, 15) is 9.59 Å². The molecule has 1 fully saturated rings. The maximum absolute atomic E-state index is 13.2. The Kier molecular flexibility index (Phi) is 5.65. The number of carbonyl (C=O) groups is 2. The average Bonchev–Trinajstić information content (AvgIpc) is 3.32. The van der Waals surface area contributed by atoms with E-state index in [2.05, 4.69) is 12.2 Å². The number of likely N-dealkylation sites (tertiary alicyclic amines) is 1. The van der Waals surface area contributed by atoms with Crippen molar-refractivity contribution in [1.82, 2.24) is 14.8 Å². The Bertz CT molecular complexity index is 922. The summed E-state index contributed by atoms with van der Waals surface area (Å²) in [6.45, 7) is 6.24. The van der Waals surface area contributed by atoms with Crippen molar-refractivity contribution < 1.29 is 14.3 Å². The van der Waals surface area contributed by atoms with Crippen LogP contribution in [-0.2, 0) is 17.9 Å². The first-order valence-corrected chi connectivity index (χ1v) is 10.5. The predicted molar refractivity (Wildman–Crippen MR) is 111 cm³/mol. The molecule has 2 atom stereocenters. The Hall–Kier alpha value is -2.31. The number of benzene rings is 1. The van der Waals surface area contributed by atoms with Gasteiger partial charge in [-0.1, -0.05) is 23.7 Å². The molecular formula is C22H26ClN3O3. The lowest BCUT2D eigenvalue weighted by molar-refractivity contribution is 0.0684. The van der Waals surface area contributed by atoms with E-state index in [1.807, 2.05) is 40.7 Å². The maximum Gasteiger partial charge on any atom is 0.270 e. The van der Waals surface area contributed by atoms with E-state index in [1.165, 1.54) is 0 Å². The number of ether oxygens (including phenoxy) is 1. The number of aromatic nitrogens is 1. The normalized spacial score (nSPS) is 19.7. The molecule has 1 saturated heterocycles. The van der Waals surface area contributed by atoms with E-state index in [-0.39, 0.29) is 23.9 Å². The minimum atomic E-state index is -0.199. The third kappa shape index (κ3) is 3.91. The molecule has 6 nitrogen and oxygen atoms in total. The summed E-state index contributed by atoms with van der Waals surface area (Å²) in [6.07, 6.45) is 2.05. The Balaban J connectivity index is 1.60. The second-order valence-corrected chi connectivity index (χ2v) is 8.27. The summed E-state index contributed by atoms with van der Waals surface area (Å²) in [6, 6.07) is 9.20. The van der Waals surface area contributed by atoms with Crippen molar-refractivity contribution in [3.63, 3.8) is 0 Å². The summed E-state index contributed by atoms with van der Waals surface area (Å²) in [5, 5.41) is 3.69. The van der Waals surface area contributed by atoms with E-state index in [0.717, 1.165) is 30.6 Å². The van der Waals surface area contributed by atoms with Gasteiger partial charge in [-0.25, -0.2) is 0 Å². The van der Waals surface area contributed by atoms with E-state index < -0.39 is 0 Å². The van der Waals surface area contributed by atoms with Gasteiger partial charge in [0.15, 0.2) is 0 Å². The van der Waals surface area contributed by atoms with Crippen LogP contribution in [0.5, 0.6) is 0 Å². The predicted octanol–water partition coefficient (Wildman–Crippen LogP) is 3.79. The summed E-state index contributed by atoms with van der Waals surface area (Å²) in [4.78, 5) is 28.1. The molecule has 1 N–H and O–H groups in total. The van der Waals surface area contributed by atoms with Gasteiger partial charge in [-0.05, 0) is 50.5 Å². The molecule has 29 heavy (non-hydrogen) atoms. The van der Waals surface area contributed by atoms with Crippen molar-refractivity contribution in [2.45, 2.75) is 51.9 Å². The molecular weight excluding hydrogens is 390 g/mol. The molecule has 0 spiro atoms. The van der Waals surface area contributed by atoms with Crippen LogP contribution >= 0.6 is 11.6 Å². The third-order valence-electron chi connectivity index (χ3n) is 5.90. The molecule has 2 aliphatic heterocycles. The fraction of sp³-hybridized carbons (Fsp3) is 0.455. The number of hydrogen-bond acceptors (Lipinski definition) is 3. The molecule has 2 amide bonds. The summed E-state index contributed by atoms with van der Waals surface area (Å²) in [5.41, 5.74) is 2.84. The van der Waals surface area contributed by atoms with Crippen molar-refractivity contribution >= 4 is 23.4 Å². The minimum Gasteiger partial charge on any atom is -0.373 e. The maximum atomic E-state index is 13.2. The van der Waals surface area contributed by atoms with Gasteiger partial charge in [-0.3, -0.25) is 9.59 Å². The molecule has 0 radical (unpaired) electrons. The van der Waals surface area contributed by atoms with Gasteiger partial charge in [0.25, 0.3) is 11.8 Å². The number of amides is 2.